The van der Waals surface area contributed by atoms with E-state index in [4.69, 9.17) is 9.47 Å². The third kappa shape index (κ3) is 2.96. The van der Waals surface area contributed by atoms with Crippen molar-refractivity contribution >= 4 is 0 Å². The summed E-state index contributed by atoms with van der Waals surface area (Å²) in [5.41, 5.74) is -0.0229. The molecular formula is C12H24O2. The predicted molar refractivity (Wildman–Crippen MR) is 58.2 cm³/mol. The van der Waals surface area contributed by atoms with Crippen molar-refractivity contribution in [3.05, 3.63) is 0 Å². The molecule has 1 aliphatic heterocycles. The van der Waals surface area contributed by atoms with Gasteiger partial charge >= 0.3 is 0 Å². The molecule has 0 amide bonds. The van der Waals surface area contributed by atoms with E-state index in [2.05, 4.69) is 34.6 Å². The molecule has 1 saturated heterocycles. The number of rotatable bonds is 3. The second-order valence-corrected chi connectivity index (χ2v) is 4.97. The van der Waals surface area contributed by atoms with E-state index in [0.29, 0.717) is 12.0 Å². The molecule has 0 aromatic rings. The molecule has 14 heavy (non-hydrogen) atoms. The minimum absolute atomic E-state index is 0.00347. The molecule has 0 saturated carbocycles. The Morgan fingerprint density at radius 1 is 1.29 bits per heavy atom. The normalized spacial score (nSPS) is 32.1. The van der Waals surface area contributed by atoms with Gasteiger partial charge in [0.05, 0.1) is 11.7 Å². The highest BCUT2D eigenvalue weighted by atomic mass is 16.7. The summed E-state index contributed by atoms with van der Waals surface area (Å²) in [4.78, 5) is 0. The molecule has 2 atom stereocenters. The topological polar surface area (TPSA) is 18.5 Å². The number of hydrogen-bond donors (Lipinski definition) is 0. The van der Waals surface area contributed by atoms with Crippen LogP contribution in [0.4, 0.5) is 0 Å². The van der Waals surface area contributed by atoms with Gasteiger partial charge in [-0.05, 0) is 33.6 Å². The molecule has 0 bridgehead atoms. The summed E-state index contributed by atoms with van der Waals surface area (Å²) in [6.45, 7) is 10.8. The zero-order chi connectivity index (χ0) is 10.8. The molecule has 0 spiro atoms. The fourth-order valence-electron chi connectivity index (χ4n) is 2.24. The van der Waals surface area contributed by atoms with Crippen molar-refractivity contribution in [1.82, 2.24) is 0 Å². The first-order chi connectivity index (χ1) is 6.48. The van der Waals surface area contributed by atoms with Crippen molar-refractivity contribution in [1.29, 1.82) is 0 Å². The van der Waals surface area contributed by atoms with Gasteiger partial charge in [-0.25, -0.2) is 0 Å². The summed E-state index contributed by atoms with van der Waals surface area (Å²) in [5.74, 6) is 0.539. The zero-order valence-corrected chi connectivity index (χ0v) is 10.2. The van der Waals surface area contributed by atoms with E-state index in [1.54, 1.807) is 0 Å². The zero-order valence-electron chi connectivity index (χ0n) is 10.2. The molecule has 2 nitrogen and oxygen atoms in total. The summed E-state index contributed by atoms with van der Waals surface area (Å²) in [6, 6.07) is 0. The average molecular weight is 200 g/mol. The van der Waals surface area contributed by atoms with Crippen molar-refractivity contribution in [2.45, 2.75) is 71.9 Å². The van der Waals surface area contributed by atoms with Crippen molar-refractivity contribution in [2.75, 3.05) is 0 Å². The molecule has 84 valence electrons. The van der Waals surface area contributed by atoms with Gasteiger partial charge in [0, 0.05) is 12.3 Å². The van der Waals surface area contributed by atoms with Crippen LogP contribution in [0.5, 0.6) is 0 Å². The van der Waals surface area contributed by atoms with Gasteiger partial charge in [0.15, 0.2) is 6.29 Å². The lowest BCUT2D eigenvalue weighted by Gasteiger charge is -2.42. The third-order valence-electron chi connectivity index (χ3n) is 3.01. The van der Waals surface area contributed by atoms with Gasteiger partial charge in [0.1, 0.15) is 0 Å². The van der Waals surface area contributed by atoms with Gasteiger partial charge in [0.25, 0.3) is 0 Å². The van der Waals surface area contributed by atoms with Crippen molar-refractivity contribution < 1.29 is 9.47 Å². The van der Waals surface area contributed by atoms with Crippen LogP contribution >= 0.6 is 0 Å². The van der Waals surface area contributed by atoms with E-state index >= 15 is 0 Å². The van der Waals surface area contributed by atoms with Crippen LogP contribution in [0.25, 0.3) is 0 Å². The second kappa shape index (κ2) is 4.63. The maximum absolute atomic E-state index is 5.97. The monoisotopic (exact) mass is 200 g/mol. The maximum Gasteiger partial charge on any atom is 0.161 e. The van der Waals surface area contributed by atoms with Crippen LogP contribution in [0.15, 0.2) is 0 Å². The molecule has 0 radical (unpaired) electrons. The Balaban J connectivity index is 2.61. The Kier molecular flexibility index (Phi) is 3.96. The molecule has 1 rings (SSSR count). The predicted octanol–water partition coefficient (Wildman–Crippen LogP) is 3.35. The first-order valence-electron chi connectivity index (χ1n) is 5.81. The number of ether oxygens (including phenoxy) is 2. The molecule has 1 aliphatic rings. The largest absolute Gasteiger partial charge is 0.349 e. The fourth-order valence-corrected chi connectivity index (χ4v) is 2.24. The van der Waals surface area contributed by atoms with Gasteiger partial charge in [-0.15, -0.1) is 0 Å². The third-order valence-corrected chi connectivity index (χ3v) is 3.01. The maximum atomic E-state index is 5.97. The van der Waals surface area contributed by atoms with Gasteiger partial charge in [-0.3, -0.25) is 0 Å². The van der Waals surface area contributed by atoms with E-state index < -0.39 is 0 Å². The Bertz CT molecular complexity index is 173. The standard InChI is InChI=1S/C12H24O2/c1-6-10(7-2)11-13-9(3)8-12(4,5)14-11/h9-11H,6-8H2,1-5H3. The van der Waals surface area contributed by atoms with Crippen LogP contribution in [-0.2, 0) is 9.47 Å². The number of hydrogen-bond acceptors (Lipinski definition) is 2. The van der Waals surface area contributed by atoms with Crippen LogP contribution in [-0.4, -0.2) is 18.0 Å². The smallest absolute Gasteiger partial charge is 0.161 e. The minimum atomic E-state index is -0.0229. The van der Waals surface area contributed by atoms with Crippen molar-refractivity contribution in [3.8, 4) is 0 Å². The lowest BCUT2D eigenvalue weighted by atomic mass is 9.96. The summed E-state index contributed by atoms with van der Waals surface area (Å²) in [6.07, 6.45) is 3.57. The Morgan fingerprint density at radius 3 is 2.29 bits per heavy atom. The highest BCUT2D eigenvalue weighted by Gasteiger charge is 2.36. The van der Waals surface area contributed by atoms with E-state index in [9.17, 15) is 0 Å². The summed E-state index contributed by atoms with van der Waals surface area (Å²) in [5, 5.41) is 0. The highest BCUT2D eigenvalue weighted by Crippen LogP contribution is 2.32. The first kappa shape index (κ1) is 12.0. The molecule has 0 N–H and O–H groups in total. The summed E-state index contributed by atoms with van der Waals surface area (Å²) >= 11 is 0. The van der Waals surface area contributed by atoms with Crippen LogP contribution in [0.1, 0.15) is 53.9 Å². The molecular weight excluding hydrogens is 176 g/mol. The first-order valence-corrected chi connectivity index (χ1v) is 5.81. The van der Waals surface area contributed by atoms with Crippen LogP contribution in [0, 0.1) is 5.92 Å². The highest BCUT2D eigenvalue weighted by molar-refractivity contribution is 4.79. The Labute approximate surface area is 88.0 Å². The fraction of sp³-hybridized carbons (Fsp3) is 1.00. The van der Waals surface area contributed by atoms with Gasteiger partial charge in [-0.1, -0.05) is 13.8 Å². The molecule has 2 heteroatoms. The summed E-state index contributed by atoms with van der Waals surface area (Å²) in [7, 11) is 0. The quantitative estimate of drug-likeness (QED) is 0.695. The molecule has 0 aromatic heterocycles. The van der Waals surface area contributed by atoms with Crippen LogP contribution in [0.3, 0.4) is 0 Å². The minimum Gasteiger partial charge on any atom is -0.349 e. The molecule has 2 unspecified atom stereocenters. The molecule has 1 heterocycles. The van der Waals surface area contributed by atoms with Crippen LogP contribution in [0.2, 0.25) is 0 Å². The van der Waals surface area contributed by atoms with Gasteiger partial charge < -0.3 is 9.47 Å². The lowest BCUT2D eigenvalue weighted by molar-refractivity contribution is -0.287. The Hall–Kier alpha value is -0.0800. The van der Waals surface area contributed by atoms with Crippen molar-refractivity contribution in [3.63, 3.8) is 0 Å². The van der Waals surface area contributed by atoms with Gasteiger partial charge in [0.2, 0.25) is 0 Å². The van der Waals surface area contributed by atoms with E-state index in [0.717, 1.165) is 19.3 Å². The lowest BCUT2D eigenvalue weighted by Crippen LogP contribution is -2.45. The molecule has 0 aromatic carbocycles. The summed E-state index contributed by atoms with van der Waals surface area (Å²) < 4.78 is 11.8. The average Bonchev–Trinajstić information content (AvgIpc) is 2.02. The SMILES string of the molecule is CCC(CC)C1OC(C)CC(C)(C)O1. The second-order valence-electron chi connectivity index (χ2n) is 4.97. The molecule has 1 fully saturated rings. The van der Waals surface area contributed by atoms with E-state index in [1.807, 2.05) is 0 Å². The van der Waals surface area contributed by atoms with Crippen LogP contribution < -0.4 is 0 Å². The van der Waals surface area contributed by atoms with E-state index in [-0.39, 0.29) is 11.9 Å². The van der Waals surface area contributed by atoms with Gasteiger partial charge in [-0.2, -0.15) is 0 Å². The molecule has 0 aliphatic carbocycles. The van der Waals surface area contributed by atoms with Crippen molar-refractivity contribution in [2.24, 2.45) is 5.92 Å². The Morgan fingerprint density at radius 2 is 1.86 bits per heavy atom. The van der Waals surface area contributed by atoms with E-state index in [1.165, 1.54) is 0 Å².